The van der Waals surface area contributed by atoms with E-state index in [1.165, 1.54) is 6.07 Å². The van der Waals surface area contributed by atoms with Crippen LogP contribution in [-0.2, 0) is 11.3 Å². The van der Waals surface area contributed by atoms with Crippen molar-refractivity contribution < 1.29 is 9.13 Å². The highest BCUT2D eigenvalue weighted by molar-refractivity contribution is 14.1. The third kappa shape index (κ3) is 2.58. The monoisotopic (exact) mass is 475 g/mol. The van der Waals surface area contributed by atoms with Gasteiger partial charge in [-0.15, -0.1) is 10.2 Å². The molecule has 0 saturated carbocycles. The third-order valence-corrected chi connectivity index (χ3v) is 5.83. The van der Waals surface area contributed by atoms with Crippen LogP contribution in [0.3, 0.4) is 0 Å². The predicted molar refractivity (Wildman–Crippen MR) is 109 cm³/mol. The smallest absolute Gasteiger partial charge is 0.257 e. The van der Waals surface area contributed by atoms with Gasteiger partial charge in [-0.3, -0.25) is 4.40 Å². The summed E-state index contributed by atoms with van der Waals surface area (Å²) in [6.45, 7) is 3.47. The third-order valence-electron chi connectivity index (χ3n) is 4.82. The van der Waals surface area contributed by atoms with E-state index in [4.69, 9.17) is 9.72 Å². The molecule has 0 saturated heterocycles. The summed E-state index contributed by atoms with van der Waals surface area (Å²) in [4.78, 5) is 6.72. The van der Waals surface area contributed by atoms with Crippen molar-refractivity contribution in [2.75, 3.05) is 18.1 Å². The van der Waals surface area contributed by atoms with Crippen LogP contribution in [0.25, 0.3) is 16.7 Å². The Bertz CT molecular complexity index is 1190. The lowest BCUT2D eigenvalue weighted by Gasteiger charge is -2.25. The molecule has 8 heteroatoms. The fourth-order valence-electron chi connectivity index (χ4n) is 3.59. The zero-order valence-corrected chi connectivity index (χ0v) is 16.6. The second-order valence-corrected chi connectivity index (χ2v) is 7.56. The van der Waals surface area contributed by atoms with Gasteiger partial charge in [0.2, 0.25) is 0 Å². The van der Waals surface area contributed by atoms with Gasteiger partial charge in [-0.2, -0.15) is 4.98 Å². The zero-order valence-electron chi connectivity index (χ0n) is 14.5. The van der Waals surface area contributed by atoms with Crippen molar-refractivity contribution in [3.05, 3.63) is 57.2 Å². The summed E-state index contributed by atoms with van der Waals surface area (Å²) < 4.78 is 23.7. The van der Waals surface area contributed by atoms with Crippen molar-refractivity contribution in [2.24, 2.45) is 0 Å². The minimum absolute atomic E-state index is 0.317. The van der Waals surface area contributed by atoms with Gasteiger partial charge >= 0.3 is 0 Å². The van der Waals surface area contributed by atoms with Crippen molar-refractivity contribution in [2.45, 2.75) is 13.5 Å². The molecule has 0 spiro atoms. The minimum Gasteiger partial charge on any atom is -0.375 e. The molecule has 0 radical (unpaired) electrons. The van der Waals surface area contributed by atoms with Crippen LogP contribution in [0.1, 0.15) is 11.4 Å². The van der Waals surface area contributed by atoms with Crippen LogP contribution >= 0.6 is 22.6 Å². The maximum atomic E-state index is 15.0. The first-order valence-electron chi connectivity index (χ1n) is 8.58. The van der Waals surface area contributed by atoms with Crippen LogP contribution < -0.4 is 4.90 Å². The molecule has 0 N–H and O–H groups in total. The number of hydrogen-bond acceptors (Lipinski definition) is 5. The number of rotatable bonds is 1. The zero-order chi connectivity index (χ0) is 18.5. The molecule has 0 aliphatic carbocycles. The van der Waals surface area contributed by atoms with Crippen molar-refractivity contribution in [1.82, 2.24) is 19.6 Å². The predicted octanol–water partition coefficient (Wildman–Crippen LogP) is 4.00. The molecule has 2 aromatic carbocycles. The Morgan fingerprint density at radius 2 is 2.00 bits per heavy atom. The lowest BCUT2D eigenvalue weighted by Crippen LogP contribution is -2.23. The number of hydrogen-bond donors (Lipinski definition) is 0. The summed E-state index contributed by atoms with van der Waals surface area (Å²) in [5.74, 6) is 1.35. The van der Waals surface area contributed by atoms with Crippen LogP contribution in [0, 0.1) is 16.3 Å². The first-order valence-corrected chi connectivity index (χ1v) is 9.65. The van der Waals surface area contributed by atoms with Crippen molar-refractivity contribution in [3.8, 4) is 0 Å². The van der Waals surface area contributed by atoms with E-state index in [0.717, 1.165) is 14.8 Å². The van der Waals surface area contributed by atoms with Gasteiger partial charge in [0, 0.05) is 21.4 Å². The highest BCUT2D eigenvalue weighted by Crippen LogP contribution is 2.37. The van der Waals surface area contributed by atoms with Gasteiger partial charge in [-0.05, 0) is 53.8 Å². The van der Waals surface area contributed by atoms with E-state index < -0.39 is 0 Å². The van der Waals surface area contributed by atoms with E-state index in [2.05, 4.69) is 32.8 Å². The summed E-state index contributed by atoms with van der Waals surface area (Å²) in [5, 5.41) is 8.75. The van der Waals surface area contributed by atoms with Crippen molar-refractivity contribution in [1.29, 1.82) is 0 Å². The number of aromatic nitrogens is 4. The second-order valence-electron chi connectivity index (χ2n) is 6.39. The molecule has 0 bridgehead atoms. The summed E-state index contributed by atoms with van der Waals surface area (Å²) in [5.41, 5.74) is 2.77. The Balaban J connectivity index is 1.87. The first-order chi connectivity index (χ1) is 13.1. The molecule has 2 aromatic heterocycles. The molecule has 1 aliphatic heterocycles. The molecule has 0 fully saturated rings. The van der Waals surface area contributed by atoms with Gasteiger partial charge in [-0.25, -0.2) is 4.39 Å². The van der Waals surface area contributed by atoms with E-state index in [9.17, 15) is 4.39 Å². The summed E-state index contributed by atoms with van der Waals surface area (Å²) in [6.07, 6.45) is 0. The molecular weight excluding hydrogens is 460 g/mol. The lowest BCUT2D eigenvalue weighted by atomic mass is 10.1. The largest absolute Gasteiger partial charge is 0.375 e. The van der Waals surface area contributed by atoms with Gasteiger partial charge in [0.1, 0.15) is 17.5 Å². The van der Waals surface area contributed by atoms with Gasteiger partial charge in [0.05, 0.1) is 24.1 Å². The molecule has 3 heterocycles. The maximum absolute atomic E-state index is 15.0. The van der Waals surface area contributed by atoms with Gasteiger partial charge in [0.25, 0.3) is 5.78 Å². The average molecular weight is 475 g/mol. The normalized spacial score (nSPS) is 14.6. The Labute approximate surface area is 168 Å². The number of aryl methyl sites for hydroxylation is 1. The standard InChI is InChI=1S/C19H15FIN5O/c1-11-23-24-19-22-18(17-13(20)4-2-7-16(17)26(11)19)25-8-9-27-10-12-14(21)5-3-6-15(12)25/h2-7H,8-10H2,1H3. The number of benzene rings is 2. The molecule has 27 heavy (non-hydrogen) atoms. The van der Waals surface area contributed by atoms with Crippen LogP contribution in [0.4, 0.5) is 15.9 Å². The maximum Gasteiger partial charge on any atom is 0.257 e. The van der Waals surface area contributed by atoms with Crippen LogP contribution in [-0.4, -0.2) is 32.7 Å². The summed E-state index contributed by atoms with van der Waals surface area (Å²) in [7, 11) is 0. The molecule has 1 aliphatic rings. The second kappa shape index (κ2) is 6.38. The number of nitrogens with zero attached hydrogens (tertiary/aromatic N) is 5. The topological polar surface area (TPSA) is 55.5 Å². The van der Waals surface area contributed by atoms with E-state index in [1.807, 2.05) is 36.1 Å². The average Bonchev–Trinajstić information content (AvgIpc) is 2.90. The SMILES string of the molecule is Cc1nnc2nc(N3CCOCc4c(I)cccc43)c3c(F)cccc3n12. The van der Waals surface area contributed by atoms with Gasteiger partial charge in [-0.1, -0.05) is 12.1 Å². The number of halogens is 2. The van der Waals surface area contributed by atoms with Gasteiger partial charge < -0.3 is 9.64 Å². The fraction of sp³-hybridized carbons (Fsp3) is 0.211. The van der Waals surface area contributed by atoms with Crippen LogP contribution in [0.15, 0.2) is 36.4 Å². The summed E-state index contributed by atoms with van der Waals surface area (Å²) >= 11 is 2.30. The van der Waals surface area contributed by atoms with E-state index in [1.54, 1.807) is 10.5 Å². The highest BCUT2D eigenvalue weighted by atomic mass is 127. The lowest BCUT2D eigenvalue weighted by molar-refractivity contribution is 0.132. The quantitative estimate of drug-likeness (QED) is 0.390. The van der Waals surface area contributed by atoms with Crippen LogP contribution in [0.5, 0.6) is 0 Å². The number of ether oxygens (including phenoxy) is 1. The molecule has 5 rings (SSSR count). The Morgan fingerprint density at radius 1 is 1.15 bits per heavy atom. The Hall–Kier alpha value is -2.33. The van der Waals surface area contributed by atoms with Crippen molar-refractivity contribution in [3.63, 3.8) is 0 Å². The van der Waals surface area contributed by atoms with E-state index in [0.29, 0.717) is 48.1 Å². The molecular formula is C19H15FIN5O. The molecule has 6 nitrogen and oxygen atoms in total. The molecule has 0 atom stereocenters. The van der Waals surface area contributed by atoms with E-state index >= 15 is 0 Å². The molecule has 4 aromatic rings. The number of fused-ring (bicyclic) bond motifs is 4. The first kappa shape index (κ1) is 16.8. The Kier molecular flexibility index (Phi) is 3.97. The summed E-state index contributed by atoms with van der Waals surface area (Å²) in [6, 6.07) is 11.1. The minimum atomic E-state index is -0.317. The van der Waals surface area contributed by atoms with E-state index in [-0.39, 0.29) is 5.82 Å². The fourth-order valence-corrected chi connectivity index (χ4v) is 4.23. The highest BCUT2D eigenvalue weighted by Gasteiger charge is 2.25. The van der Waals surface area contributed by atoms with Gasteiger partial charge in [0.15, 0.2) is 0 Å². The van der Waals surface area contributed by atoms with Crippen LogP contribution in [0.2, 0.25) is 0 Å². The molecule has 136 valence electrons. The number of anilines is 2. The van der Waals surface area contributed by atoms with Crippen molar-refractivity contribution >= 4 is 50.8 Å². The molecule has 0 amide bonds. The Morgan fingerprint density at radius 3 is 2.89 bits per heavy atom. The molecule has 0 unspecified atom stereocenters.